The maximum Gasteiger partial charge on any atom is 0.0600 e. The highest BCUT2D eigenvalue weighted by Crippen LogP contribution is 2.39. The molecule has 0 aliphatic heterocycles. The average molecular weight is 537 g/mol. The van der Waals surface area contributed by atoms with Crippen molar-refractivity contribution in [3.8, 4) is 0 Å². The minimum absolute atomic E-state index is 0.178. The van der Waals surface area contributed by atoms with E-state index < -0.39 is 0 Å². The Hall–Kier alpha value is 0.0500. The number of hydrogen-bond donors (Lipinski definition) is 1. The summed E-state index contributed by atoms with van der Waals surface area (Å²) >= 11 is 11.5. The Labute approximate surface area is 158 Å². The van der Waals surface area contributed by atoms with E-state index in [1.54, 1.807) is 11.3 Å². The second kappa shape index (κ2) is 6.66. The number of halogens is 3. The molecule has 1 unspecified atom stereocenters. The molecular formula is C16H12Br2INS. The molecule has 0 amide bonds. The van der Waals surface area contributed by atoms with Crippen molar-refractivity contribution in [2.75, 3.05) is 7.05 Å². The first-order valence-corrected chi connectivity index (χ1v) is 9.94. The smallest absolute Gasteiger partial charge is 0.0600 e. The van der Waals surface area contributed by atoms with E-state index in [1.807, 2.05) is 7.05 Å². The summed E-state index contributed by atoms with van der Waals surface area (Å²) in [5.74, 6) is 0. The van der Waals surface area contributed by atoms with Crippen molar-refractivity contribution in [2.24, 2.45) is 0 Å². The highest BCUT2D eigenvalue weighted by atomic mass is 127. The molecule has 1 nitrogen and oxygen atoms in total. The third-order valence-corrected chi connectivity index (χ3v) is 6.81. The minimum Gasteiger partial charge on any atom is -0.309 e. The fourth-order valence-electron chi connectivity index (χ4n) is 2.48. The second-order valence-corrected chi connectivity index (χ2v) is 8.53. The number of thiophene rings is 1. The molecule has 0 saturated heterocycles. The summed E-state index contributed by atoms with van der Waals surface area (Å²) in [5.41, 5.74) is 2.59. The fourth-order valence-corrected chi connectivity index (χ4v) is 5.12. The van der Waals surface area contributed by atoms with Crippen molar-refractivity contribution in [1.82, 2.24) is 5.32 Å². The lowest BCUT2D eigenvalue weighted by molar-refractivity contribution is 0.695. The Morgan fingerprint density at radius 1 is 1.10 bits per heavy atom. The number of rotatable bonds is 3. The molecule has 3 aromatic rings. The Kier molecular flexibility index (Phi) is 5.05. The minimum atomic E-state index is 0.178. The van der Waals surface area contributed by atoms with E-state index in [4.69, 9.17) is 0 Å². The normalized spacial score (nSPS) is 12.8. The van der Waals surface area contributed by atoms with Gasteiger partial charge in [0, 0.05) is 17.2 Å². The van der Waals surface area contributed by atoms with Crippen LogP contribution < -0.4 is 5.32 Å². The van der Waals surface area contributed by atoms with Crippen LogP contribution in [0.15, 0.2) is 50.7 Å². The average Bonchev–Trinajstić information content (AvgIpc) is 2.89. The molecule has 1 heterocycles. The predicted molar refractivity (Wildman–Crippen MR) is 107 cm³/mol. The molecule has 1 N–H and O–H groups in total. The van der Waals surface area contributed by atoms with Crippen molar-refractivity contribution in [3.63, 3.8) is 0 Å². The third kappa shape index (κ3) is 3.08. The van der Waals surface area contributed by atoms with E-state index in [9.17, 15) is 0 Å². The molecule has 0 fully saturated rings. The third-order valence-electron chi connectivity index (χ3n) is 3.45. The van der Waals surface area contributed by atoms with Gasteiger partial charge in [0.05, 0.1) is 6.04 Å². The Balaban J connectivity index is 2.19. The lowest BCUT2D eigenvalue weighted by Crippen LogP contribution is -2.18. The molecule has 0 saturated carbocycles. The van der Waals surface area contributed by atoms with E-state index in [-0.39, 0.29) is 6.04 Å². The van der Waals surface area contributed by atoms with E-state index in [2.05, 4.69) is 102 Å². The zero-order valence-corrected chi connectivity index (χ0v) is 17.3. The van der Waals surface area contributed by atoms with Crippen LogP contribution in [0.25, 0.3) is 10.1 Å². The van der Waals surface area contributed by atoms with Crippen LogP contribution in [0.5, 0.6) is 0 Å². The SMILES string of the molecule is CNC(c1cc(I)ccc1Br)c1csc2c(Br)cccc12. The Morgan fingerprint density at radius 3 is 2.67 bits per heavy atom. The maximum atomic E-state index is 3.69. The van der Waals surface area contributed by atoms with Crippen LogP contribution in [0.3, 0.4) is 0 Å². The van der Waals surface area contributed by atoms with Gasteiger partial charge in [-0.3, -0.25) is 0 Å². The summed E-state index contributed by atoms with van der Waals surface area (Å²) < 4.78 is 4.84. The molecule has 2 aromatic carbocycles. The summed E-state index contributed by atoms with van der Waals surface area (Å²) in [6.07, 6.45) is 0. The van der Waals surface area contributed by atoms with Crippen molar-refractivity contribution in [1.29, 1.82) is 0 Å². The van der Waals surface area contributed by atoms with Gasteiger partial charge in [0.1, 0.15) is 0 Å². The number of nitrogens with one attached hydrogen (secondary N) is 1. The molecule has 3 rings (SSSR count). The number of fused-ring (bicyclic) bond motifs is 1. The molecule has 0 aliphatic rings. The van der Waals surface area contributed by atoms with Crippen molar-refractivity contribution >= 4 is 75.9 Å². The van der Waals surface area contributed by atoms with Crippen LogP contribution in [-0.2, 0) is 0 Å². The highest BCUT2D eigenvalue weighted by molar-refractivity contribution is 14.1. The number of hydrogen-bond acceptors (Lipinski definition) is 2. The van der Waals surface area contributed by atoms with Gasteiger partial charge in [-0.2, -0.15) is 0 Å². The van der Waals surface area contributed by atoms with E-state index in [0.29, 0.717) is 0 Å². The second-order valence-electron chi connectivity index (χ2n) is 4.70. The molecule has 0 spiro atoms. The molecule has 0 radical (unpaired) electrons. The van der Waals surface area contributed by atoms with Crippen molar-refractivity contribution < 1.29 is 0 Å². The van der Waals surface area contributed by atoms with Crippen molar-refractivity contribution in [3.05, 3.63) is 65.4 Å². The van der Waals surface area contributed by atoms with E-state index >= 15 is 0 Å². The van der Waals surface area contributed by atoms with Gasteiger partial charge in [-0.15, -0.1) is 11.3 Å². The molecule has 108 valence electrons. The zero-order valence-electron chi connectivity index (χ0n) is 11.2. The summed E-state index contributed by atoms with van der Waals surface area (Å²) in [6.45, 7) is 0. The summed E-state index contributed by atoms with van der Waals surface area (Å²) in [7, 11) is 2.01. The molecule has 1 atom stereocenters. The maximum absolute atomic E-state index is 3.69. The van der Waals surface area contributed by atoms with Gasteiger partial charge >= 0.3 is 0 Å². The van der Waals surface area contributed by atoms with Gasteiger partial charge in [-0.25, -0.2) is 0 Å². The topological polar surface area (TPSA) is 12.0 Å². The van der Waals surface area contributed by atoms with Gasteiger partial charge in [0.2, 0.25) is 0 Å². The molecule has 21 heavy (non-hydrogen) atoms. The lowest BCUT2D eigenvalue weighted by Gasteiger charge is -2.18. The van der Waals surface area contributed by atoms with Gasteiger partial charge in [-0.1, -0.05) is 28.1 Å². The van der Waals surface area contributed by atoms with E-state index in [1.165, 1.54) is 24.8 Å². The van der Waals surface area contributed by atoms with Gasteiger partial charge in [0.15, 0.2) is 0 Å². The Bertz CT molecular complexity index is 800. The van der Waals surface area contributed by atoms with Crippen LogP contribution in [0.2, 0.25) is 0 Å². The van der Waals surface area contributed by atoms with Crippen LogP contribution in [0, 0.1) is 3.57 Å². The quantitative estimate of drug-likeness (QED) is 0.385. The van der Waals surface area contributed by atoms with Gasteiger partial charge < -0.3 is 5.32 Å². The van der Waals surface area contributed by atoms with Crippen molar-refractivity contribution in [2.45, 2.75) is 6.04 Å². The van der Waals surface area contributed by atoms with Crippen LogP contribution in [0.4, 0.5) is 0 Å². The van der Waals surface area contributed by atoms with Gasteiger partial charge in [-0.05, 0) is 91.7 Å². The first-order chi connectivity index (χ1) is 10.1. The van der Waals surface area contributed by atoms with Crippen LogP contribution >= 0.6 is 65.8 Å². The first-order valence-electron chi connectivity index (χ1n) is 6.39. The molecule has 1 aromatic heterocycles. The van der Waals surface area contributed by atoms with E-state index in [0.717, 1.165) is 8.95 Å². The first kappa shape index (κ1) is 15.9. The summed E-state index contributed by atoms with van der Waals surface area (Å²) in [5, 5.41) is 7.02. The van der Waals surface area contributed by atoms with Crippen LogP contribution in [0.1, 0.15) is 17.2 Å². The predicted octanol–water partition coefficient (Wildman–Crippen LogP) is 6.34. The fraction of sp³-hybridized carbons (Fsp3) is 0.125. The number of benzene rings is 2. The Morgan fingerprint density at radius 2 is 1.90 bits per heavy atom. The van der Waals surface area contributed by atoms with Gasteiger partial charge in [0.25, 0.3) is 0 Å². The zero-order chi connectivity index (χ0) is 15.0. The molecular weight excluding hydrogens is 525 g/mol. The largest absolute Gasteiger partial charge is 0.309 e. The van der Waals surface area contributed by atoms with Crippen LogP contribution in [-0.4, -0.2) is 7.05 Å². The monoisotopic (exact) mass is 535 g/mol. The molecule has 0 aliphatic carbocycles. The summed E-state index contributed by atoms with van der Waals surface area (Å²) in [6, 6.07) is 13.0. The lowest BCUT2D eigenvalue weighted by atomic mass is 9.98. The summed E-state index contributed by atoms with van der Waals surface area (Å²) in [4.78, 5) is 0. The highest BCUT2D eigenvalue weighted by Gasteiger charge is 2.19. The standard InChI is InChI=1S/C16H12Br2INS/c1-20-15(11-7-9(19)5-6-13(11)17)12-8-21-16-10(12)3-2-4-14(16)18/h2-8,15,20H,1H3. The molecule has 0 bridgehead atoms. The molecule has 5 heteroatoms.